The molecule has 2 rings (SSSR count). The second-order valence-corrected chi connectivity index (χ2v) is 4.79. The number of benzene rings is 1. The molecule has 1 aliphatic rings. The van der Waals surface area contributed by atoms with E-state index in [0.717, 1.165) is 19.4 Å². The van der Waals surface area contributed by atoms with Gasteiger partial charge in [0.05, 0.1) is 13.2 Å². The minimum atomic E-state index is -0.228. The molecule has 0 atom stereocenters. The first-order valence-corrected chi connectivity index (χ1v) is 6.77. The van der Waals surface area contributed by atoms with E-state index in [1.807, 2.05) is 32.0 Å². The molecule has 1 aliphatic carbocycles. The Hall–Kier alpha value is -0.900. The van der Waals surface area contributed by atoms with Gasteiger partial charge in [0.2, 0.25) is 0 Å². The van der Waals surface area contributed by atoms with Crippen LogP contribution < -0.4 is 5.32 Å². The Balaban J connectivity index is 0.000000771. The molecule has 3 heteroatoms. The van der Waals surface area contributed by atoms with E-state index in [1.54, 1.807) is 0 Å². The van der Waals surface area contributed by atoms with E-state index in [-0.39, 0.29) is 18.6 Å². The van der Waals surface area contributed by atoms with Crippen LogP contribution in [0.3, 0.4) is 0 Å². The fraction of sp³-hybridized carbons (Fsp3) is 0.600. The van der Waals surface area contributed by atoms with Crippen molar-refractivity contribution in [2.45, 2.75) is 39.3 Å². The van der Waals surface area contributed by atoms with Gasteiger partial charge in [0.25, 0.3) is 0 Å². The van der Waals surface area contributed by atoms with Crippen molar-refractivity contribution < 1.29 is 10.2 Å². The number of nitrogens with one attached hydrogen (secondary N) is 1. The summed E-state index contributed by atoms with van der Waals surface area (Å²) in [6.45, 7) is 5.04. The third kappa shape index (κ3) is 3.80. The van der Waals surface area contributed by atoms with Crippen LogP contribution in [0, 0.1) is 5.41 Å². The maximum atomic E-state index is 9.15. The van der Waals surface area contributed by atoms with Gasteiger partial charge >= 0.3 is 0 Å². The van der Waals surface area contributed by atoms with Crippen LogP contribution in [0.5, 0.6) is 0 Å². The molecule has 0 saturated heterocycles. The molecular weight excluding hydrogens is 226 g/mol. The molecule has 1 fully saturated rings. The summed E-state index contributed by atoms with van der Waals surface area (Å²) < 4.78 is 0. The zero-order chi connectivity index (χ0) is 13.4. The molecule has 102 valence electrons. The summed E-state index contributed by atoms with van der Waals surface area (Å²) in [5.41, 5.74) is 1.04. The first-order valence-electron chi connectivity index (χ1n) is 6.77. The van der Waals surface area contributed by atoms with Gasteiger partial charge in [0, 0.05) is 18.0 Å². The van der Waals surface area contributed by atoms with E-state index in [1.165, 1.54) is 5.56 Å². The Morgan fingerprint density at radius 2 is 1.67 bits per heavy atom. The number of rotatable bonds is 5. The van der Waals surface area contributed by atoms with Crippen LogP contribution >= 0.6 is 0 Å². The van der Waals surface area contributed by atoms with Crippen molar-refractivity contribution in [1.82, 2.24) is 5.32 Å². The summed E-state index contributed by atoms with van der Waals surface area (Å²) in [4.78, 5) is 0. The van der Waals surface area contributed by atoms with Gasteiger partial charge in [-0.3, -0.25) is 0 Å². The summed E-state index contributed by atoms with van der Waals surface area (Å²) in [6, 6.07) is 10.7. The van der Waals surface area contributed by atoms with E-state index in [0.29, 0.717) is 6.04 Å². The highest BCUT2D eigenvalue weighted by Gasteiger charge is 2.42. The van der Waals surface area contributed by atoms with Crippen molar-refractivity contribution in [1.29, 1.82) is 0 Å². The van der Waals surface area contributed by atoms with Gasteiger partial charge in [-0.25, -0.2) is 0 Å². The van der Waals surface area contributed by atoms with E-state index in [2.05, 4.69) is 17.4 Å². The third-order valence-corrected chi connectivity index (χ3v) is 3.47. The fourth-order valence-corrected chi connectivity index (χ4v) is 2.30. The maximum Gasteiger partial charge on any atom is 0.0510 e. The molecule has 0 bridgehead atoms. The van der Waals surface area contributed by atoms with Crippen molar-refractivity contribution in [2.75, 3.05) is 13.2 Å². The summed E-state index contributed by atoms with van der Waals surface area (Å²) in [5, 5.41) is 21.7. The first-order chi connectivity index (χ1) is 8.78. The largest absolute Gasteiger partial charge is 0.396 e. The minimum Gasteiger partial charge on any atom is -0.396 e. The number of aliphatic hydroxyl groups is 2. The molecule has 0 unspecified atom stereocenters. The molecule has 1 aromatic rings. The molecule has 1 aromatic carbocycles. The molecule has 3 N–H and O–H groups in total. The third-order valence-electron chi connectivity index (χ3n) is 3.47. The van der Waals surface area contributed by atoms with E-state index >= 15 is 0 Å². The summed E-state index contributed by atoms with van der Waals surface area (Å²) in [5.74, 6) is 0. The topological polar surface area (TPSA) is 52.5 Å². The van der Waals surface area contributed by atoms with Gasteiger partial charge < -0.3 is 15.5 Å². The van der Waals surface area contributed by atoms with Crippen molar-refractivity contribution >= 4 is 0 Å². The lowest BCUT2D eigenvalue weighted by Crippen LogP contribution is -2.52. The van der Waals surface area contributed by atoms with Crippen LogP contribution in [-0.2, 0) is 6.54 Å². The van der Waals surface area contributed by atoms with Crippen LogP contribution in [0.4, 0.5) is 0 Å². The van der Waals surface area contributed by atoms with Crippen molar-refractivity contribution in [3.8, 4) is 0 Å². The van der Waals surface area contributed by atoms with Gasteiger partial charge in [-0.15, -0.1) is 0 Å². The highest BCUT2D eigenvalue weighted by Crippen LogP contribution is 2.40. The molecule has 0 aliphatic heterocycles. The van der Waals surface area contributed by atoms with Crippen molar-refractivity contribution in [2.24, 2.45) is 5.41 Å². The second-order valence-electron chi connectivity index (χ2n) is 4.79. The zero-order valence-corrected chi connectivity index (χ0v) is 11.4. The van der Waals surface area contributed by atoms with Crippen LogP contribution in [0.25, 0.3) is 0 Å². The Morgan fingerprint density at radius 1 is 1.11 bits per heavy atom. The smallest absolute Gasteiger partial charge is 0.0510 e. The normalized spacial score (nSPS) is 17.6. The predicted molar refractivity (Wildman–Crippen MR) is 74.3 cm³/mol. The molecule has 0 amide bonds. The van der Waals surface area contributed by atoms with Crippen molar-refractivity contribution in [3.05, 3.63) is 35.9 Å². The fourth-order valence-electron chi connectivity index (χ4n) is 2.30. The summed E-state index contributed by atoms with van der Waals surface area (Å²) >= 11 is 0. The Morgan fingerprint density at radius 3 is 2.17 bits per heavy atom. The van der Waals surface area contributed by atoms with Crippen LogP contribution in [-0.4, -0.2) is 29.5 Å². The number of hydrogen-bond acceptors (Lipinski definition) is 3. The molecule has 18 heavy (non-hydrogen) atoms. The lowest BCUT2D eigenvalue weighted by atomic mass is 9.66. The predicted octanol–water partition coefficient (Wildman–Crippen LogP) is 1.94. The van der Waals surface area contributed by atoms with Gasteiger partial charge in [-0.2, -0.15) is 0 Å². The average molecular weight is 251 g/mol. The van der Waals surface area contributed by atoms with E-state index in [4.69, 9.17) is 10.2 Å². The van der Waals surface area contributed by atoms with Gasteiger partial charge in [-0.05, 0) is 18.4 Å². The van der Waals surface area contributed by atoms with Crippen molar-refractivity contribution in [3.63, 3.8) is 0 Å². The van der Waals surface area contributed by atoms with Gasteiger partial charge in [0.15, 0.2) is 0 Å². The Bertz CT molecular complexity index is 315. The standard InChI is InChI=1S/C13H19NO2.C2H6/c15-9-13(10-16)6-12(7-13)14-8-11-4-2-1-3-5-11;1-2/h1-5,12,14-16H,6-10H2;1-2H3. The number of aliphatic hydroxyl groups excluding tert-OH is 2. The lowest BCUT2D eigenvalue weighted by Gasteiger charge is -2.45. The highest BCUT2D eigenvalue weighted by atomic mass is 16.3. The highest BCUT2D eigenvalue weighted by molar-refractivity contribution is 5.14. The average Bonchev–Trinajstić information content (AvgIpc) is 2.42. The molecule has 0 heterocycles. The van der Waals surface area contributed by atoms with E-state index in [9.17, 15) is 0 Å². The van der Waals surface area contributed by atoms with Crippen LogP contribution in [0.1, 0.15) is 32.3 Å². The second kappa shape index (κ2) is 7.52. The molecule has 0 aromatic heterocycles. The van der Waals surface area contributed by atoms with Gasteiger partial charge in [-0.1, -0.05) is 44.2 Å². The van der Waals surface area contributed by atoms with Gasteiger partial charge in [0.1, 0.15) is 0 Å². The Kier molecular flexibility index (Phi) is 6.33. The molecule has 0 spiro atoms. The molecule has 0 radical (unpaired) electrons. The zero-order valence-electron chi connectivity index (χ0n) is 11.4. The molecule has 1 saturated carbocycles. The molecule has 3 nitrogen and oxygen atoms in total. The monoisotopic (exact) mass is 251 g/mol. The number of hydrogen-bond donors (Lipinski definition) is 3. The quantitative estimate of drug-likeness (QED) is 0.749. The summed E-state index contributed by atoms with van der Waals surface area (Å²) in [7, 11) is 0. The first kappa shape index (κ1) is 15.2. The van der Waals surface area contributed by atoms with Crippen LogP contribution in [0.15, 0.2) is 30.3 Å². The maximum absolute atomic E-state index is 9.15. The Labute approximate surface area is 110 Å². The van der Waals surface area contributed by atoms with Crippen LogP contribution in [0.2, 0.25) is 0 Å². The summed E-state index contributed by atoms with van der Waals surface area (Å²) in [6.07, 6.45) is 1.74. The van der Waals surface area contributed by atoms with E-state index < -0.39 is 0 Å². The SMILES string of the molecule is CC.OCC1(CO)CC(NCc2ccccc2)C1. The molecular formula is C15H25NO2. The minimum absolute atomic E-state index is 0.0903. The lowest BCUT2D eigenvalue weighted by molar-refractivity contribution is -0.0321.